The van der Waals surface area contributed by atoms with Crippen molar-refractivity contribution in [3.63, 3.8) is 0 Å². The molecule has 3 nitrogen and oxygen atoms in total. The molecule has 0 fully saturated rings. The molecule has 0 saturated heterocycles. The third kappa shape index (κ3) is 4.11. The summed E-state index contributed by atoms with van der Waals surface area (Å²) in [5.74, 6) is -1.07. The van der Waals surface area contributed by atoms with Crippen molar-refractivity contribution in [2.24, 2.45) is 0 Å². The van der Waals surface area contributed by atoms with Gasteiger partial charge in [-0.1, -0.05) is 0 Å². The van der Waals surface area contributed by atoms with Crippen LogP contribution in [0.4, 0.5) is 8.78 Å². The Morgan fingerprint density at radius 1 is 1.14 bits per heavy atom. The van der Waals surface area contributed by atoms with Gasteiger partial charge in [-0.25, -0.2) is 8.78 Å². The quantitative estimate of drug-likeness (QED) is 0.887. The van der Waals surface area contributed by atoms with E-state index >= 15 is 0 Å². The first kappa shape index (κ1) is 15.6. The summed E-state index contributed by atoms with van der Waals surface area (Å²) in [5.41, 5.74) is 2.77. The van der Waals surface area contributed by atoms with E-state index in [4.69, 9.17) is 0 Å². The lowest BCUT2D eigenvalue weighted by molar-refractivity contribution is 0.515. The predicted octanol–water partition coefficient (Wildman–Crippen LogP) is 2.86. The third-order valence-corrected chi connectivity index (χ3v) is 3.55. The number of hydrogen-bond acceptors (Lipinski definition) is 2. The molecule has 1 heterocycles. The molecule has 1 aromatic carbocycles. The summed E-state index contributed by atoms with van der Waals surface area (Å²) in [7, 11) is 1.86. The number of halogens is 2. The number of nitrogens with zero attached hydrogens (tertiary/aromatic N) is 2. The molecule has 2 aromatic rings. The van der Waals surface area contributed by atoms with Crippen molar-refractivity contribution < 1.29 is 8.78 Å². The van der Waals surface area contributed by atoms with Gasteiger partial charge in [-0.3, -0.25) is 4.68 Å². The second-order valence-corrected chi connectivity index (χ2v) is 5.26. The number of nitrogens with one attached hydrogen (secondary N) is 1. The summed E-state index contributed by atoms with van der Waals surface area (Å²) in [6.45, 7) is 4.83. The van der Waals surface area contributed by atoms with Gasteiger partial charge >= 0.3 is 0 Å². The Morgan fingerprint density at radius 2 is 1.81 bits per heavy atom. The van der Waals surface area contributed by atoms with Crippen molar-refractivity contribution in [2.45, 2.75) is 39.3 Å². The fourth-order valence-electron chi connectivity index (χ4n) is 2.58. The molecule has 0 spiro atoms. The van der Waals surface area contributed by atoms with Gasteiger partial charge < -0.3 is 5.32 Å². The average Bonchev–Trinajstić information content (AvgIpc) is 2.76. The fraction of sp³-hybridized carbons (Fsp3) is 0.438. The minimum absolute atomic E-state index is 0.104. The number of aromatic nitrogens is 2. The first-order valence-electron chi connectivity index (χ1n) is 7.17. The SMILES string of the molecule is CCn1nc(C)cc1CC(Cc1cc(F)cc(F)c1)NC. The van der Waals surface area contributed by atoms with Gasteiger partial charge in [0.25, 0.3) is 0 Å². The van der Waals surface area contributed by atoms with Crippen molar-refractivity contribution >= 4 is 0 Å². The van der Waals surface area contributed by atoms with Gasteiger partial charge in [0.05, 0.1) is 5.69 Å². The Kier molecular flexibility index (Phi) is 5.07. The zero-order valence-corrected chi connectivity index (χ0v) is 12.7. The summed E-state index contributed by atoms with van der Waals surface area (Å²) in [4.78, 5) is 0. The minimum Gasteiger partial charge on any atom is -0.316 e. The molecule has 0 saturated carbocycles. The second-order valence-electron chi connectivity index (χ2n) is 5.26. The molecule has 1 N–H and O–H groups in total. The van der Waals surface area contributed by atoms with Gasteiger partial charge in [0.15, 0.2) is 0 Å². The van der Waals surface area contributed by atoms with Crippen LogP contribution in [0.25, 0.3) is 0 Å². The zero-order valence-electron chi connectivity index (χ0n) is 12.7. The summed E-state index contributed by atoms with van der Waals surface area (Å²) in [5, 5.41) is 7.63. The molecule has 0 aliphatic heterocycles. The highest BCUT2D eigenvalue weighted by molar-refractivity contribution is 5.20. The van der Waals surface area contributed by atoms with Crippen LogP contribution in [-0.4, -0.2) is 22.9 Å². The van der Waals surface area contributed by atoms with Gasteiger partial charge in [0, 0.05) is 30.8 Å². The topological polar surface area (TPSA) is 29.9 Å². The van der Waals surface area contributed by atoms with Gasteiger partial charge in [-0.15, -0.1) is 0 Å². The maximum atomic E-state index is 13.3. The largest absolute Gasteiger partial charge is 0.316 e. The Labute approximate surface area is 124 Å². The number of rotatable bonds is 6. The Morgan fingerprint density at radius 3 is 2.38 bits per heavy atom. The number of benzene rings is 1. The van der Waals surface area contributed by atoms with E-state index in [-0.39, 0.29) is 6.04 Å². The van der Waals surface area contributed by atoms with Crippen LogP contribution < -0.4 is 5.32 Å². The monoisotopic (exact) mass is 293 g/mol. The zero-order chi connectivity index (χ0) is 15.4. The van der Waals surface area contributed by atoms with Crippen LogP contribution in [-0.2, 0) is 19.4 Å². The van der Waals surface area contributed by atoms with Gasteiger partial charge in [0.1, 0.15) is 11.6 Å². The highest BCUT2D eigenvalue weighted by Crippen LogP contribution is 2.13. The van der Waals surface area contributed by atoms with Crippen molar-refractivity contribution in [1.82, 2.24) is 15.1 Å². The van der Waals surface area contributed by atoms with Crippen LogP contribution in [0.15, 0.2) is 24.3 Å². The molecule has 1 atom stereocenters. The molecule has 0 bridgehead atoms. The van der Waals surface area contributed by atoms with Crippen molar-refractivity contribution in [2.75, 3.05) is 7.05 Å². The Bertz CT molecular complexity index is 587. The molecular weight excluding hydrogens is 272 g/mol. The van der Waals surface area contributed by atoms with Crippen molar-refractivity contribution in [3.05, 3.63) is 52.9 Å². The van der Waals surface area contributed by atoms with Crippen LogP contribution >= 0.6 is 0 Å². The van der Waals surface area contributed by atoms with Crippen LogP contribution in [0.5, 0.6) is 0 Å². The van der Waals surface area contributed by atoms with Gasteiger partial charge in [-0.2, -0.15) is 5.10 Å². The van der Waals surface area contributed by atoms with Gasteiger partial charge in [-0.05, 0) is 51.1 Å². The first-order valence-corrected chi connectivity index (χ1v) is 7.17. The summed E-state index contributed by atoms with van der Waals surface area (Å²) < 4.78 is 28.5. The third-order valence-electron chi connectivity index (χ3n) is 3.55. The Hall–Kier alpha value is -1.75. The smallest absolute Gasteiger partial charge is 0.126 e. The van der Waals surface area contributed by atoms with Crippen LogP contribution in [0.2, 0.25) is 0 Å². The average molecular weight is 293 g/mol. The van der Waals surface area contributed by atoms with Crippen molar-refractivity contribution in [3.8, 4) is 0 Å². The van der Waals surface area contributed by atoms with Crippen LogP contribution in [0.1, 0.15) is 23.9 Å². The molecule has 21 heavy (non-hydrogen) atoms. The molecule has 0 radical (unpaired) electrons. The second kappa shape index (κ2) is 6.80. The minimum atomic E-state index is -0.533. The number of likely N-dealkylation sites (N-methyl/N-ethyl adjacent to an activating group) is 1. The van der Waals surface area contributed by atoms with E-state index in [9.17, 15) is 8.78 Å². The molecule has 0 aliphatic rings. The summed E-state index contributed by atoms with van der Waals surface area (Å²) in [6, 6.07) is 5.83. The number of hydrogen-bond donors (Lipinski definition) is 1. The van der Waals surface area contributed by atoms with E-state index in [1.165, 1.54) is 12.1 Å². The molecule has 114 valence electrons. The standard InChI is InChI=1S/C16H21F2N3/c1-4-21-16(5-11(2)20-21)10-15(19-3)8-12-6-13(17)9-14(18)7-12/h5-7,9,15,19H,4,8,10H2,1-3H3. The first-order chi connectivity index (χ1) is 10.0. The van der Waals surface area contributed by atoms with E-state index in [0.717, 1.165) is 30.4 Å². The molecule has 1 aromatic heterocycles. The molecule has 0 amide bonds. The fourth-order valence-corrected chi connectivity index (χ4v) is 2.58. The normalized spacial score (nSPS) is 12.6. The molecule has 0 aliphatic carbocycles. The van der Waals surface area contributed by atoms with Crippen LogP contribution in [0.3, 0.4) is 0 Å². The molecule has 5 heteroatoms. The van der Waals surface area contributed by atoms with Gasteiger partial charge in [0.2, 0.25) is 0 Å². The molecule has 2 rings (SSSR count). The lowest BCUT2D eigenvalue weighted by Crippen LogP contribution is -2.31. The van der Waals surface area contributed by atoms with E-state index in [2.05, 4.69) is 16.5 Å². The van der Waals surface area contributed by atoms with E-state index < -0.39 is 11.6 Å². The van der Waals surface area contributed by atoms with E-state index in [1.807, 2.05) is 25.6 Å². The Balaban J connectivity index is 2.12. The highest BCUT2D eigenvalue weighted by atomic mass is 19.1. The lowest BCUT2D eigenvalue weighted by Gasteiger charge is -2.17. The van der Waals surface area contributed by atoms with Crippen LogP contribution in [0, 0.1) is 18.6 Å². The van der Waals surface area contributed by atoms with Crippen molar-refractivity contribution in [1.29, 1.82) is 0 Å². The lowest BCUT2D eigenvalue weighted by atomic mass is 10.0. The number of aryl methyl sites for hydroxylation is 2. The van der Waals surface area contributed by atoms with E-state index in [0.29, 0.717) is 12.0 Å². The highest BCUT2D eigenvalue weighted by Gasteiger charge is 2.13. The summed E-state index contributed by atoms with van der Waals surface area (Å²) >= 11 is 0. The predicted molar refractivity (Wildman–Crippen MR) is 79.3 cm³/mol. The molecule has 1 unspecified atom stereocenters. The van der Waals surface area contributed by atoms with E-state index in [1.54, 1.807) is 0 Å². The molecular formula is C16H21F2N3. The maximum Gasteiger partial charge on any atom is 0.126 e. The maximum absolute atomic E-state index is 13.3. The summed E-state index contributed by atoms with van der Waals surface area (Å²) in [6.07, 6.45) is 1.34.